The number of nitrogens with one attached hydrogen (secondary N) is 1. The van der Waals surface area contributed by atoms with Crippen LogP contribution in [0.2, 0.25) is 0 Å². The Morgan fingerprint density at radius 1 is 1.26 bits per heavy atom. The quantitative estimate of drug-likeness (QED) is 0.871. The zero-order valence-electron chi connectivity index (χ0n) is 11.4. The summed E-state index contributed by atoms with van der Waals surface area (Å²) >= 11 is 0. The smallest absolute Gasteiger partial charge is 0.244 e. The molecule has 0 aromatic heterocycles. The van der Waals surface area contributed by atoms with Crippen molar-refractivity contribution in [3.05, 3.63) is 18.2 Å². The number of ether oxygens (including phenoxy) is 2. The largest absolute Gasteiger partial charge is 0.497 e. The van der Waals surface area contributed by atoms with Crippen molar-refractivity contribution < 1.29 is 14.3 Å². The number of carbonyl (C=O) groups is 1. The molecule has 0 aliphatic heterocycles. The number of hydrogen-bond donors (Lipinski definition) is 2. The van der Waals surface area contributed by atoms with Crippen LogP contribution in [0.15, 0.2) is 18.2 Å². The highest BCUT2D eigenvalue weighted by molar-refractivity contribution is 5.99. The van der Waals surface area contributed by atoms with Crippen molar-refractivity contribution in [2.24, 2.45) is 5.73 Å². The lowest BCUT2D eigenvalue weighted by molar-refractivity contribution is -0.121. The maximum atomic E-state index is 12.2. The molecule has 5 heteroatoms. The predicted octanol–water partition coefficient (Wildman–Crippen LogP) is 1.91. The molecule has 19 heavy (non-hydrogen) atoms. The van der Waals surface area contributed by atoms with Gasteiger partial charge >= 0.3 is 0 Å². The number of nitrogens with two attached hydrogens (primary N) is 1. The van der Waals surface area contributed by atoms with Gasteiger partial charge in [0.25, 0.3) is 0 Å². The van der Waals surface area contributed by atoms with E-state index in [9.17, 15) is 4.79 Å². The van der Waals surface area contributed by atoms with Gasteiger partial charge in [-0.3, -0.25) is 4.79 Å². The van der Waals surface area contributed by atoms with Gasteiger partial charge in [-0.1, -0.05) is 12.8 Å². The average molecular weight is 264 g/mol. The molecule has 0 saturated heterocycles. The SMILES string of the molecule is COc1ccc(NC(=O)C2(N)CCCC2)c(OC)c1. The normalized spacial score (nSPS) is 17.0. The third-order valence-electron chi connectivity index (χ3n) is 3.60. The first kappa shape index (κ1) is 13.7. The molecule has 0 radical (unpaired) electrons. The van der Waals surface area contributed by atoms with Crippen LogP contribution in [0.4, 0.5) is 5.69 Å². The molecule has 1 aliphatic carbocycles. The van der Waals surface area contributed by atoms with E-state index in [1.165, 1.54) is 0 Å². The van der Waals surface area contributed by atoms with Gasteiger partial charge in [-0.05, 0) is 25.0 Å². The summed E-state index contributed by atoms with van der Waals surface area (Å²) in [6, 6.07) is 5.26. The second kappa shape index (κ2) is 5.48. The Kier molecular flexibility index (Phi) is 3.95. The Hall–Kier alpha value is -1.75. The number of amides is 1. The molecule has 3 N–H and O–H groups in total. The van der Waals surface area contributed by atoms with Gasteiger partial charge in [0.2, 0.25) is 5.91 Å². The molecule has 1 amide bonds. The highest BCUT2D eigenvalue weighted by Gasteiger charge is 2.37. The molecular formula is C14H20N2O3. The summed E-state index contributed by atoms with van der Waals surface area (Å²) in [5.74, 6) is 1.10. The highest BCUT2D eigenvalue weighted by Crippen LogP contribution is 2.32. The van der Waals surface area contributed by atoms with Crippen LogP contribution in [0.25, 0.3) is 0 Å². The van der Waals surface area contributed by atoms with Crippen LogP contribution in [0.3, 0.4) is 0 Å². The molecule has 0 unspecified atom stereocenters. The highest BCUT2D eigenvalue weighted by atomic mass is 16.5. The van der Waals surface area contributed by atoms with E-state index in [2.05, 4.69) is 5.32 Å². The summed E-state index contributed by atoms with van der Waals surface area (Å²) in [7, 11) is 3.14. The molecule has 0 atom stereocenters. The minimum Gasteiger partial charge on any atom is -0.497 e. The van der Waals surface area contributed by atoms with E-state index >= 15 is 0 Å². The number of methoxy groups -OCH3 is 2. The van der Waals surface area contributed by atoms with Gasteiger partial charge in [0.15, 0.2) is 0 Å². The number of rotatable bonds is 4. The zero-order chi connectivity index (χ0) is 13.9. The molecule has 5 nitrogen and oxygen atoms in total. The van der Waals surface area contributed by atoms with E-state index in [1.807, 2.05) is 0 Å². The first-order valence-electron chi connectivity index (χ1n) is 6.41. The molecule has 0 heterocycles. The Labute approximate surface area is 113 Å². The fraction of sp³-hybridized carbons (Fsp3) is 0.500. The number of hydrogen-bond acceptors (Lipinski definition) is 4. The predicted molar refractivity (Wildman–Crippen MR) is 73.6 cm³/mol. The topological polar surface area (TPSA) is 73.6 Å². The van der Waals surface area contributed by atoms with Crippen molar-refractivity contribution in [2.75, 3.05) is 19.5 Å². The Morgan fingerprint density at radius 3 is 2.53 bits per heavy atom. The fourth-order valence-electron chi connectivity index (χ4n) is 2.38. The van der Waals surface area contributed by atoms with Crippen molar-refractivity contribution >= 4 is 11.6 Å². The molecule has 1 fully saturated rings. The van der Waals surface area contributed by atoms with Gasteiger partial charge in [-0.15, -0.1) is 0 Å². The zero-order valence-corrected chi connectivity index (χ0v) is 11.4. The van der Waals surface area contributed by atoms with Gasteiger partial charge in [-0.25, -0.2) is 0 Å². The van der Waals surface area contributed by atoms with Gasteiger partial charge in [0, 0.05) is 6.07 Å². The second-order valence-electron chi connectivity index (χ2n) is 4.88. The van der Waals surface area contributed by atoms with Crippen LogP contribution >= 0.6 is 0 Å². The molecule has 104 valence electrons. The number of benzene rings is 1. The lowest BCUT2D eigenvalue weighted by Gasteiger charge is -2.23. The van der Waals surface area contributed by atoms with E-state index in [4.69, 9.17) is 15.2 Å². The van der Waals surface area contributed by atoms with Gasteiger partial charge in [0.05, 0.1) is 25.4 Å². The third kappa shape index (κ3) is 2.81. The van der Waals surface area contributed by atoms with Crippen LogP contribution in [-0.4, -0.2) is 25.7 Å². The molecular weight excluding hydrogens is 244 g/mol. The van der Waals surface area contributed by atoms with Gasteiger partial charge in [0.1, 0.15) is 11.5 Å². The van der Waals surface area contributed by atoms with Crippen molar-refractivity contribution in [1.82, 2.24) is 0 Å². The molecule has 0 spiro atoms. The summed E-state index contributed by atoms with van der Waals surface area (Å²) in [5.41, 5.74) is 5.99. The minimum atomic E-state index is -0.745. The molecule has 1 aromatic rings. The Balaban J connectivity index is 2.16. The average Bonchev–Trinajstić information content (AvgIpc) is 2.87. The first-order chi connectivity index (χ1) is 9.09. The van der Waals surface area contributed by atoms with Crippen molar-refractivity contribution in [2.45, 2.75) is 31.2 Å². The van der Waals surface area contributed by atoms with Crippen LogP contribution in [0, 0.1) is 0 Å². The van der Waals surface area contributed by atoms with Crippen molar-refractivity contribution in [3.8, 4) is 11.5 Å². The molecule has 2 rings (SSSR count). The lowest BCUT2D eigenvalue weighted by atomic mass is 9.98. The summed E-state index contributed by atoms with van der Waals surface area (Å²) in [6.45, 7) is 0. The summed E-state index contributed by atoms with van der Waals surface area (Å²) in [4.78, 5) is 12.2. The lowest BCUT2D eigenvalue weighted by Crippen LogP contribution is -2.48. The Morgan fingerprint density at radius 2 is 1.95 bits per heavy atom. The Bertz CT molecular complexity index is 468. The van der Waals surface area contributed by atoms with Crippen molar-refractivity contribution in [1.29, 1.82) is 0 Å². The monoisotopic (exact) mass is 264 g/mol. The second-order valence-corrected chi connectivity index (χ2v) is 4.88. The van der Waals surface area contributed by atoms with Gasteiger partial charge in [-0.2, -0.15) is 0 Å². The fourth-order valence-corrected chi connectivity index (χ4v) is 2.38. The summed E-state index contributed by atoms with van der Waals surface area (Å²) < 4.78 is 10.4. The van der Waals surface area contributed by atoms with E-state index in [0.29, 0.717) is 17.2 Å². The van der Waals surface area contributed by atoms with Gasteiger partial charge < -0.3 is 20.5 Å². The first-order valence-corrected chi connectivity index (χ1v) is 6.41. The van der Waals surface area contributed by atoms with Crippen LogP contribution in [0.5, 0.6) is 11.5 Å². The van der Waals surface area contributed by atoms with E-state index in [1.54, 1.807) is 32.4 Å². The maximum Gasteiger partial charge on any atom is 0.244 e. The number of carbonyl (C=O) groups excluding carboxylic acids is 1. The third-order valence-corrected chi connectivity index (χ3v) is 3.60. The molecule has 0 bridgehead atoms. The molecule has 1 aliphatic rings. The van der Waals surface area contributed by atoms with E-state index in [0.717, 1.165) is 25.7 Å². The van der Waals surface area contributed by atoms with Crippen LogP contribution in [-0.2, 0) is 4.79 Å². The molecule has 1 aromatic carbocycles. The summed E-state index contributed by atoms with van der Waals surface area (Å²) in [5, 5.41) is 2.85. The van der Waals surface area contributed by atoms with E-state index in [-0.39, 0.29) is 5.91 Å². The standard InChI is InChI=1S/C14H20N2O3/c1-18-10-5-6-11(12(9-10)19-2)16-13(17)14(15)7-3-4-8-14/h5-6,9H,3-4,7-8,15H2,1-2H3,(H,16,17). The van der Waals surface area contributed by atoms with E-state index < -0.39 is 5.54 Å². The minimum absolute atomic E-state index is 0.145. The number of anilines is 1. The maximum absolute atomic E-state index is 12.2. The van der Waals surface area contributed by atoms with Crippen LogP contribution < -0.4 is 20.5 Å². The van der Waals surface area contributed by atoms with Crippen LogP contribution in [0.1, 0.15) is 25.7 Å². The summed E-state index contributed by atoms with van der Waals surface area (Å²) in [6.07, 6.45) is 3.47. The van der Waals surface area contributed by atoms with Crippen molar-refractivity contribution in [3.63, 3.8) is 0 Å². The molecule has 1 saturated carbocycles.